The summed E-state index contributed by atoms with van der Waals surface area (Å²) in [7, 11) is 0. The van der Waals surface area contributed by atoms with Gasteiger partial charge < -0.3 is 15.5 Å². The standard InChI is InChI=1S/C12H13N3.C2H2O4/c1-2-12(9-14-5-1)10-15-8-11-3-6-13-7-4-11;3-1(4)2(5)6/h1-7,9,15H,8,10H2;(H,3,4)(H,5,6). The molecule has 0 atom stereocenters. The first-order chi connectivity index (χ1) is 10.1. The molecule has 0 saturated carbocycles. The number of rotatable bonds is 4. The van der Waals surface area contributed by atoms with Crippen molar-refractivity contribution < 1.29 is 19.8 Å². The second-order valence-electron chi connectivity index (χ2n) is 3.93. The maximum Gasteiger partial charge on any atom is 0.414 e. The second-order valence-corrected chi connectivity index (χ2v) is 3.93. The summed E-state index contributed by atoms with van der Waals surface area (Å²) in [5, 5.41) is 18.1. The largest absolute Gasteiger partial charge is 0.473 e. The second kappa shape index (κ2) is 9.16. The Morgan fingerprint density at radius 1 is 0.905 bits per heavy atom. The average molecular weight is 289 g/mol. The number of carboxylic acids is 2. The van der Waals surface area contributed by atoms with Crippen LogP contribution in [-0.4, -0.2) is 32.1 Å². The highest BCUT2D eigenvalue weighted by atomic mass is 16.4. The van der Waals surface area contributed by atoms with Crippen molar-refractivity contribution in [2.45, 2.75) is 13.1 Å². The van der Waals surface area contributed by atoms with Crippen molar-refractivity contribution in [2.75, 3.05) is 0 Å². The molecule has 0 saturated heterocycles. The first-order valence-electron chi connectivity index (χ1n) is 6.04. The van der Waals surface area contributed by atoms with E-state index in [1.54, 1.807) is 18.6 Å². The van der Waals surface area contributed by atoms with E-state index in [1.165, 1.54) is 11.1 Å². The number of pyridine rings is 2. The van der Waals surface area contributed by atoms with Crippen LogP contribution in [0.4, 0.5) is 0 Å². The Balaban J connectivity index is 0.000000315. The zero-order valence-electron chi connectivity index (χ0n) is 11.1. The molecule has 0 bridgehead atoms. The van der Waals surface area contributed by atoms with Crippen LogP contribution >= 0.6 is 0 Å². The summed E-state index contributed by atoms with van der Waals surface area (Å²) in [5.74, 6) is -3.65. The van der Waals surface area contributed by atoms with E-state index >= 15 is 0 Å². The SMILES string of the molecule is O=C(O)C(=O)O.c1cncc(CNCc2ccncc2)c1. The zero-order valence-corrected chi connectivity index (χ0v) is 11.1. The molecule has 0 amide bonds. The fourth-order valence-electron chi connectivity index (χ4n) is 1.35. The van der Waals surface area contributed by atoms with E-state index in [4.69, 9.17) is 19.8 Å². The molecule has 2 aromatic rings. The van der Waals surface area contributed by atoms with Gasteiger partial charge in [-0.15, -0.1) is 0 Å². The van der Waals surface area contributed by atoms with Gasteiger partial charge in [-0.1, -0.05) is 6.07 Å². The number of hydrogen-bond acceptors (Lipinski definition) is 5. The van der Waals surface area contributed by atoms with E-state index in [-0.39, 0.29) is 0 Å². The topological polar surface area (TPSA) is 112 Å². The molecule has 21 heavy (non-hydrogen) atoms. The van der Waals surface area contributed by atoms with Gasteiger partial charge in [0.05, 0.1) is 0 Å². The van der Waals surface area contributed by atoms with Crippen molar-refractivity contribution >= 4 is 11.9 Å². The molecule has 0 fully saturated rings. The molecular formula is C14H15N3O4. The van der Waals surface area contributed by atoms with E-state index in [1.807, 2.05) is 24.4 Å². The number of nitrogens with zero attached hydrogens (tertiary/aromatic N) is 2. The molecule has 2 rings (SSSR count). The molecule has 0 aliphatic carbocycles. The van der Waals surface area contributed by atoms with Crippen LogP contribution in [0.2, 0.25) is 0 Å². The molecule has 0 aliphatic heterocycles. The fourth-order valence-corrected chi connectivity index (χ4v) is 1.35. The Labute approximate surface area is 121 Å². The van der Waals surface area contributed by atoms with Crippen LogP contribution < -0.4 is 5.32 Å². The van der Waals surface area contributed by atoms with Gasteiger partial charge in [-0.25, -0.2) is 9.59 Å². The number of aromatic nitrogens is 2. The molecule has 0 spiro atoms. The Morgan fingerprint density at radius 2 is 1.52 bits per heavy atom. The lowest BCUT2D eigenvalue weighted by Crippen LogP contribution is -2.12. The van der Waals surface area contributed by atoms with E-state index in [0.29, 0.717) is 0 Å². The number of aliphatic carboxylic acids is 2. The lowest BCUT2D eigenvalue weighted by atomic mass is 10.2. The summed E-state index contributed by atoms with van der Waals surface area (Å²) in [6, 6.07) is 8.03. The van der Waals surface area contributed by atoms with Crippen molar-refractivity contribution in [3.8, 4) is 0 Å². The van der Waals surface area contributed by atoms with Gasteiger partial charge in [0, 0.05) is 37.9 Å². The van der Waals surface area contributed by atoms with Crippen LogP contribution in [0.25, 0.3) is 0 Å². The third kappa shape index (κ3) is 7.38. The minimum absolute atomic E-state index is 0.843. The minimum Gasteiger partial charge on any atom is -0.473 e. The van der Waals surface area contributed by atoms with Gasteiger partial charge in [-0.3, -0.25) is 9.97 Å². The summed E-state index contributed by atoms with van der Waals surface area (Å²) in [6.45, 7) is 1.70. The normalized spacial score (nSPS) is 9.33. The van der Waals surface area contributed by atoms with Gasteiger partial charge in [-0.05, 0) is 29.3 Å². The molecule has 0 aromatic carbocycles. The van der Waals surface area contributed by atoms with Crippen LogP contribution in [0.3, 0.4) is 0 Å². The van der Waals surface area contributed by atoms with E-state index in [2.05, 4.69) is 21.4 Å². The van der Waals surface area contributed by atoms with Crippen molar-refractivity contribution in [2.24, 2.45) is 0 Å². The highest BCUT2D eigenvalue weighted by molar-refractivity contribution is 6.27. The molecule has 0 radical (unpaired) electrons. The summed E-state index contributed by atoms with van der Waals surface area (Å²) < 4.78 is 0. The first-order valence-corrected chi connectivity index (χ1v) is 6.04. The van der Waals surface area contributed by atoms with Crippen LogP contribution in [0.1, 0.15) is 11.1 Å². The third-order valence-electron chi connectivity index (χ3n) is 2.31. The Kier molecular flexibility index (Phi) is 7.09. The fraction of sp³-hybridized carbons (Fsp3) is 0.143. The van der Waals surface area contributed by atoms with Crippen LogP contribution in [0, 0.1) is 0 Å². The summed E-state index contributed by atoms with van der Waals surface area (Å²) in [4.78, 5) is 26.2. The lowest BCUT2D eigenvalue weighted by molar-refractivity contribution is -0.159. The molecule has 2 heterocycles. The molecule has 3 N–H and O–H groups in total. The van der Waals surface area contributed by atoms with E-state index in [9.17, 15) is 0 Å². The molecule has 7 heteroatoms. The highest BCUT2D eigenvalue weighted by Crippen LogP contribution is 1.98. The molecule has 2 aromatic heterocycles. The number of carbonyl (C=O) groups is 2. The maximum absolute atomic E-state index is 9.10. The molecule has 0 aliphatic rings. The van der Waals surface area contributed by atoms with Crippen molar-refractivity contribution in [3.05, 3.63) is 60.2 Å². The van der Waals surface area contributed by atoms with Crippen molar-refractivity contribution in [1.82, 2.24) is 15.3 Å². The number of hydrogen-bond donors (Lipinski definition) is 3. The van der Waals surface area contributed by atoms with E-state index in [0.717, 1.165) is 13.1 Å². The smallest absolute Gasteiger partial charge is 0.414 e. The van der Waals surface area contributed by atoms with Crippen molar-refractivity contribution in [3.63, 3.8) is 0 Å². The lowest BCUT2D eigenvalue weighted by Gasteiger charge is -2.03. The minimum atomic E-state index is -1.82. The Bertz CT molecular complexity index is 509. The molecular weight excluding hydrogens is 274 g/mol. The number of nitrogens with one attached hydrogen (secondary N) is 1. The zero-order chi connectivity index (χ0) is 15.5. The van der Waals surface area contributed by atoms with E-state index < -0.39 is 11.9 Å². The Morgan fingerprint density at radius 3 is 2.05 bits per heavy atom. The Hall–Kier alpha value is -2.80. The summed E-state index contributed by atoms with van der Waals surface area (Å²) >= 11 is 0. The predicted octanol–water partition coefficient (Wildman–Crippen LogP) is 0.922. The molecule has 7 nitrogen and oxygen atoms in total. The molecule has 0 unspecified atom stereocenters. The van der Waals surface area contributed by atoms with Gasteiger partial charge >= 0.3 is 11.9 Å². The van der Waals surface area contributed by atoms with Gasteiger partial charge in [0.15, 0.2) is 0 Å². The van der Waals surface area contributed by atoms with Gasteiger partial charge in [0.25, 0.3) is 0 Å². The van der Waals surface area contributed by atoms with Crippen LogP contribution in [-0.2, 0) is 22.7 Å². The number of carboxylic acid groups (broad SMARTS) is 2. The quantitative estimate of drug-likeness (QED) is 0.717. The highest BCUT2D eigenvalue weighted by Gasteiger charge is 2.04. The van der Waals surface area contributed by atoms with Crippen molar-refractivity contribution in [1.29, 1.82) is 0 Å². The predicted molar refractivity (Wildman–Crippen MR) is 74.3 cm³/mol. The first kappa shape index (κ1) is 16.3. The average Bonchev–Trinajstić information content (AvgIpc) is 2.50. The summed E-state index contributed by atoms with van der Waals surface area (Å²) in [5.41, 5.74) is 2.44. The monoisotopic (exact) mass is 289 g/mol. The van der Waals surface area contributed by atoms with Crippen LogP contribution in [0.5, 0.6) is 0 Å². The third-order valence-corrected chi connectivity index (χ3v) is 2.31. The van der Waals surface area contributed by atoms with Gasteiger partial charge in [-0.2, -0.15) is 0 Å². The van der Waals surface area contributed by atoms with Gasteiger partial charge in [0.1, 0.15) is 0 Å². The van der Waals surface area contributed by atoms with Crippen LogP contribution in [0.15, 0.2) is 49.1 Å². The summed E-state index contributed by atoms with van der Waals surface area (Å²) in [6.07, 6.45) is 7.27. The molecule has 110 valence electrons. The van der Waals surface area contributed by atoms with Gasteiger partial charge in [0.2, 0.25) is 0 Å². The maximum atomic E-state index is 9.10.